The molecule has 15 heavy (non-hydrogen) atoms. The van der Waals surface area contributed by atoms with Crippen molar-refractivity contribution in [2.45, 2.75) is 5.38 Å². The molecule has 1 fully saturated rings. The lowest BCUT2D eigenvalue weighted by Crippen LogP contribution is -2.44. The van der Waals surface area contributed by atoms with Crippen molar-refractivity contribution >= 4 is 23.2 Å². The predicted molar refractivity (Wildman–Crippen MR) is 62.4 cm³/mol. The topological polar surface area (TPSA) is 15.7 Å². The largest absolute Gasteiger partial charge is 0.378 e. The molecule has 0 aromatic heterocycles. The van der Waals surface area contributed by atoms with Crippen LogP contribution >= 0.6 is 23.2 Å². The molecule has 86 valence electrons. The van der Waals surface area contributed by atoms with E-state index in [0.717, 1.165) is 50.1 Å². The van der Waals surface area contributed by atoms with E-state index in [1.165, 1.54) is 0 Å². The first-order valence-corrected chi connectivity index (χ1v) is 6.04. The highest BCUT2D eigenvalue weighted by molar-refractivity contribution is 6.32. The van der Waals surface area contributed by atoms with E-state index in [4.69, 9.17) is 27.9 Å². The van der Waals surface area contributed by atoms with Crippen LogP contribution < -0.4 is 0 Å². The van der Waals surface area contributed by atoms with E-state index in [2.05, 4.69) is 9.80 Å². The number of nitrogens with zero attached hydrogens (tertiary/aromatic N) is 2. The van der Waals surface area contributed by atoms with Gasteiger partial charge in [0.25, 0.3) is 0 Å². The van der Waals surface area contributed by atoms with Crippen molar-refractivity contribution in [3.8, 4) is 0 Å². The van der Waals surface area contributed by atoms with Gasteiger partial charge in [0.1, 0.15) is 0 Å². The van der Waals surface area contributed by atoms with Crippen LogP contribution in [0.25, 0.3) is 0 Å². The van der Waals surface area contributed by atoms with Crippen LogP contribution in [-0.4, -0.2) is 61.6 Å². The zero-order valence-corrected chi connectivity index (χ0v) is 10.4. The summed E-state index contributed by atoms with van der Waals surface area (Å²) >= 11 is 12.6. The standard InChI is InChI=1S/C10H16Cl2N2O/c1-13-6-8(11)10(9(12)7-13)14-2-4-15-5-3-14/h8H,2-7H2,1H3. The molecule has 3 nitrogen and oxygen atoms in total. The van der Waals surface area contributed by atoms with Crippen LogP contribution in [0.3, 0.4) is 0 Å². The van der Waals surface area contributed by atoms with Crippen molar-refractivity contribution < 1.29 is 4.74 Å². The number of likely N-dealkylation sites (N-methyl/N-ethyl adjacent to an activating group) is 1. The molecule has 1 unspecified atom stereocenters. The number of rotatable bonds is 1. The van der Waals surface area contributed by atoms with E-state index in [9.17, 15) is 0 Å². The molecule has 2 heterocycles. The zero-order valence-electron chi connectivity index (χ0n) is 8.88. The number of halogens is 2. The summed E-state index contributed by atoms with van der Waals surface area (Å²) in [6.07, 6.45) is 0. The van der Waals surface area contributed by atoms with Gasteiger partial charge in [0.15, 0.2) is 0 Å². The second-order valence-electron chi connectivity index (χ2n) is 4.05. The second kappa shape index (κ2) is 4.91. The van der Waals surface area contributed by atoms with Gasteiger partial charge in [0, 0.05) is 31.9 Å². The highest BCUT2D eigenvalue weighted by Crippen LogP contribution is 2.27. The Morgan fingerprint density at radius 2 is 2.00 bits per heavy atom. The van der Waals surface area contributed by atoms with Crippen LogP contribution in [0.4, 0.5) is 0 Å². The minimum absolute atomic E-state index is 0.00866. The van der Waals surface area contributed by atoms with Crippen molar-refractivity contribution in [3.63, 3.8) is 0 Å². The van der Waals surface area contributed by atoms with Gasteiger partial charge < -0.3 is 9.64 Å². The Morgan fingerprint density at radius 1 is 1.33 bits per heavy atom. The van der Waals surface area contributed by atoms with Gasteiger partial charge in [-0.15, -0.1) is 11.6 Å². The maximum Gasteiger partial charge on any atom is 0.0872 e. The normalized spacial score (nSPS) is 29.8. The van der Waals surface area contributed by atoms with Crippen LogP contribution in [-0.2, 0) is 4.74 Å². The van der Waals surface area contributed by atoms with Crippen LogP contribution in [0.15, 0.2) is 10.7 Å². The summed E-state index contributed by atoms with van der Waals surface area (Å²) in [7, 11) is 2.04. The Balaban J connectivity index is 2.13. The van der Waals surface area contributed by atoms with Crippen molar-refractivity contribution in [1.82, 2.24) is 9.80 Å². The minimum atomic E-state index is 0.00866. The average molecular weight is 251 g/mol. The molecule has 0 N–H and O–H groups in total. The van der Waals surface area contributed by atoms with Crippen LogP contribution in [0.5, 0.6) is 0 Å². The van der Waals surface area contributed by atoms with E-state index < -0.39 is 0 Å². The van der Waals surface area contributed by atoms with Gasteiger partial charge in [0.2, 0.25) is 0 Å². The molecule has 0 saturated carbocycles. The average Bonchev–Trinajstić information content (AvgIpc) is 2.17. The monoisotopic (exact) mass is 250 g/mol. The smallest absolute Gasteiger partial charge is 0.0872 e. The number of ether oxygens (including phenoxy) is 1. The summed E-state index contributed by atoms with van der Waals surface area (Å²) in [5, 5.41) is 0.889. The third-order valence-electron chi connectivity index (χ3n) is 2.81. The van der Waals surface area contributed by atoms with E-state index in [0.29, 0.717) is 0 Å². The van der Waals surface area contributed by atoms with Gasteiger partial charge in [0.05, 0.1) is 23.6 Å². The lowest BCUT2D eigenvalue weighted by molar-refractivity contribution is 0.0503. The third-order valence-corrected chi connectivity index (χ3v) is 3.46. The number of hydrogen-bond donors (Lipinski definition) is 0. The van der Waals surface area contributed by atoms with Crippen molar-refractivity contribution in [3.05, 3.63) is 10.7 Å². The first-order valence-electron chi connectivity index (χ1n) is 5.22. The minimum Gasteiger partial charge on any atom is -0.378 e. The molecule has 2 rings (SSSR count). The van der Waals surface area contributed by atoms with Crippen molar-refractivity contribution in [2.24, 2.45) is 0 Å². The van der Waals surface area contributed by atoms with E-state index in [-0.39, 0.29) is 5.38 Å². The van der Waals surface area contributed by atoms with E-state index in [1.807, 2.05) is 7.05 Å². The maximum absolute atomic E-state index is 6.34. The Kier molecular flexibility index (Phi) is 3.78. The fourth-order valence-electron chi connectivity index (χ4n) is 2.09. The summed E-state index contributed by atoms with van der Waals surface area (Å²) in [4.78, 5) is 4.40. The van der Waals surface area contributed by atoms with Gasteiger partial charge >= 0.3 is 0 Å². The Hall–Kier alpha value is 0.0400. The highest BCUT2D eigenvalue weighted by atomic mass is 35.5. The lowest BCUT2D eigenvalue weighted by atomic mass is 10.1. The zero-order chi connectivity index (χ0) is 10.8. The Morgan fingerprint density at radius 3 is 2.60 bits per heavy atom. The number of morpholine rings is 1. The van der Waals surface area contributed by atoms with Gasteiger partial charge in [-0.05, 0) is 7.05 Å². The summed E-state index contributed by atoms with van der Waals surface area (Å²) in [6.45, 7) is 5.01. The maximum atomic E-state index is 6.34. The summed E-state index contributed by atoms with van der Waals surface area (Å²) < 4.78 is 5.32. The van der Waals surface area contributed by atoms with E-state index in [1.54, 1.807) is 0 Å². The molecule has 1 atom stereocenters. The van der Waals surface area contributed by atoms with Crippen molar-refractivity contribution in [2.75, 3.05) is 46.4 Å². The SMILES string of the molecule is CN1CC(Cl)=C(N2CCOCC2)C(Cl)C1. The molecular weight excluding hydrogens is 235 g/mol. The first kappa shape index (κ1) is 11.5. The molecule has 0 spiro atoms. The van der Waals surface area contributed by atoms with Crippen LogP contribution in [0.1, 0.15) is 0 Å². The van der Waals surface area contributed by atoms with Gasteiger partial charge in [-0.1, -0.05) is 11.6 Å². The lowest BCUT2D eigenvalue weighted by Gasteiger charge is -2.38. The quantitative estimate of drug-likeness (QED) is 0.654. The molecule has 0 radical (unpaired) electrons. The molecule has 0 aromatic carbocycles. The van der Waals surface area contributed by atoms with Crippen LogP contribution in [0.2, 0.25) is 0 Å². The Bertz CT molecular complexity index is 264. The molecule has 5 heteroatoms. The van der Waals surface area contributed by atoms with Gasteiger partial charge in [-0.3, -0.25) is 4.90 Å². The summed E-state index contributed by atoms with van der Waals surface area (Å²) in [5.74, 6) is 0. The number of alkyl halides is 1. The molecule has 2 aliphatic heterocycles. The molecule has 0 aromatic rings. The molecule has 1 saturated heterocycles. The third kappa shape index (κ3) is 2.59. The van der Waals surface area contributed by atoms with Crippen LogP contribution in [0, 0.1) is 0 Å². The molecular formula is C10H16Cl2N2O. The molecule has 2 aliphatic rings. The highest BCUT2D eigenvalue weighted by Gasteiger charge is 2.28. The van der Waals surface area contributed by atoms with Gasteiger partial charge in [-0.25, -0.2) is 0 Å². The fraction of sp³-hybridized carbons (Fsp3) is 0.800. The molecule has 0 bridgehead atoms. The van der Waals surface area contributed by atoms with Crippen molar-refractivity contribution in [1.29, 1.82) is 0 Å². The fourth-order valence-corrected chi connectivity index (χ4v) is 3.10. The predicted octanol–water partition coefficient (Wildman–Crippen LogP) is 1.32. The molecule has 0 aliphatic carbocycles. The van der Waals surface area contributed by atoms with E-state index >= 15 is 0 Å². The second-order valence-corrected chi connectivity index (χ2v) is 5.04. The molecule has 0 amide bonds. The number of hydrogen-bond acceptors (Lipinski definition) is 3. The summed E-state index contributed by atoms with van der Waals surface area (Å²) in [5.41, 5.74) is 1.11. The Labute approximate surface area is 101 Å². The summed E-state index contributed by atoms with van der Waals surface area (Å²) in [6, 6.07) is 0. The van der Waals surface area contributed by atoms with Gasteiger partial charge in [-0.2, -0.15) is 0 Å². The first-order chi connectivity index (χ1) is 7.18.